The van der Waals surface area contributed by atoms with Crippen molar-refractivity contribution in [3.05, 3.63) is 65.4 Å². The van der Waals surface area contributed by atoms with Gasteiger partial charge < -0.3 is 29.7 Å². The molecule has 1 fully saturated rings. The number of nitrogens with one attached hydrogen (secondary N) is 1. The molecule has 0 saturated carbocycles. The van der Waals surface area contributed by atoms with Crippen molar-refractivity contribution in [1.82, 2.24) is 19.8 Å². The molecule has 0 aliphatic carbocycles. The molecular weight excluding hydrogens is 496 g/mol. The summed E-state index contributed by atoms with van der Waals surface area (Å²) >= 11 is 0. The molecule has 1 amide bonds. The van der Waals surface area contributed by atoms with Crippen LogP contribution in [0.3, 0.4) is 0 Å². The zero-order valence-electron chi connectivity index (χ0n) is 23.2. The number of carboxylic acid groups (broad SMARTS) is 1. The quantitative estimate of drug-likeness (QED) is 0.343. The number of nitrogens with zero attached hydrogens (tertiary/aromatic N) is 5. The zero-order valence-corrected chi connectivity index (χ0v) is 23.2. The van der Waals surface area contributed by atoms with Gasteiger partial charge in [0.25, 0.3) is 0 Å². The molecule has 1 aliphatic heterocycles. The molecule has 208 valence electrons. The van der Waals surface area contributed by atoms with E-state index in [1.165, 1.54) is 4.90 Å². The minimum absolute atomic E-state index is 0.188. The molecule has 10 heteroatoms. The number of aryl methyl sites for hydroxylation is 2. The van der Waals surface area contributed by atoms with Crippen molar-refractivity contribution in [2.24, 2.45) is 0 Å². The average Bonchev–Trinajstić information content (AvgIpc) is 2.93. The third-order valence-electron chi connectivity index (χ3n) is 6.87. The fraction of sp³-hybridized carbons (Fsp3) is 0.414. The molecule has 1 aromatic heterocycles. The lowest BCUT2D eigenvalue weighted by Gasteiger charge is -2.32. The summed E-state index contributed by atoms with van der Waals surface area (Å²) in [6.07, 6.45) is 1.39. The first-order valence-corrected chi connectivity index (χ1v) is 13.2. The number of rotatable bonds is 11. The molecule has 1 saturated heterocycles. The molecule has 0 atom stereocenters. The summed E-state index contributed by atoms with van der Waals surface area (Å²) < 4.78 is 11.6. The van der Waals surface area contributed by atoms with Crippen LogP contribution < -0.4 is 19.7 Å². The lowest BCUT2D eigenvalue weighted by molar-refractivity contribution is 0.145. The van der Waals surface area contributed by atoms with E-state index in [0.29, 0.717) is 23.8 Å². The summed E-state index contributed by atoms with van der Waals surface area (Å²) in [7, 11) is 3.76. The van der Waals surface area contributed by atoms with Gasteiger partial charge in [-0.3, -0.25) is 4.90 Å². The summed E-state index contributed by atoms with van der Waals surface area (Å²) in [5.41, 5.74) is 3.72. The first-order valence-electron chi connectivity index (χ1n) is 13.2. The van der Waals surface area contributed by atoms with Gasteiger partial charge >= 0.3 is 6.09 Å². The van der Waals surface area contributed by atoms with Gasteiger partial charge in [-0.2, -0.15) is 4.98 Å². The Kier molecular flexibility index (Phi) is 9.56. The molecule has 4 rings (SSSR count). The van der Waals surface area contributed by atoms with Gasteiger partial charge in [0.05, 0.1) is 20.3 Å². The number of carbonyl (C=O) groups is 1. The first-order chi connectivity index (χ1) is 18.8. The van der Waals surface area contributed by atoms with E-state index in [1.807, 2.05) is 50.2 Å². The van der Waals surface area contributed by atoms with Crippen LogP contribution in [0.4, 0.5) is 22.2 Å². The van der Waals surface area contributed by atoms with Crippen molar-refractivity contribution >= 4 is 23.5 Å². The van der Waals surface area contributed by atoms with Crippen molar-refractivity contribution in [1.29, 1.82) is 0 Å². The van der Waals surface area contributed by atoms with E-state index >= 15 is 0 Å². The minimum atomic E-state index is -1.09. The maximum Gasteiger partial charge on any atom is 0.413 e. The average molecular weight is 535 g/mol. The molecule has 2 N–H and O–H groups in total. The number of ether oxygens (including phenoxy) is 2. The van der Waals surface area contributed by atoms with Gasteiger partial charge in [-0.05, 0) is 56.6 Å². The van der Waals surface area contributed by atoms with Crippen LogP contribution in [0.5, 0.6) is 11.5 Å². The number of benzene rings is 2. The fourth-order valence-electron chi connectivity index (χ4n) is 4.48. The number of anilines is 3. The highest BCUT2D eigenvalue weighted by molar-refractivity contribution is 5.84. The van der Waals surface area contributed by atoms with Crippen molar-refractivity contribution in [3.63, 3.8) is 0 Å². The highest BCUT2D eigenvalue weighted by Crippen LogP contribution is 2.31. The van der Waals surface area contributed by atoms with Crippen LogP contribution in [0.2, 0.25) is 0 Å². The first kappa shape index (κ1) is 28.1. The van der Waals surface area contributed by atoms with Gasteiger partial charge in [-0.1, -0.05) is 23.8 Å². The van der Waals surface area contributed by atoms with Crippen LogP contribution in [0, 0.1) is 13.8 Å². The van der Waals surface area contributed by atoms with Gasteiger partial charge in [0.2, 0.25) is 5.95 Å². The Morgan fingerprint density at radius 1 is 1.08 bits per heavy atom. The summed E-state index contributed by atoms with van der Waals surface area (Å²) in [6.45, 7) is 10.2. The number of aromatic nitrogens is 2. The van der Waals surface area contributed by atoms with E-state index < -0.39 is 6.09 Å². The predicted molar refractivity (Wildman–Crippen MR) is 152 cm³/mol. The smallest absolute Gasteiger partial charge is 0.413 e. The molecule has 39 heavy (non-hydrogen) atoms. The van der Waals surface area contributed by atoms with Gasteiger partial charge in [0.15, 0.2) is 11.5 Å². The molecule has 0 spiro atoms. The molecule has 0 bridgehead atoms. The van der Waals surface area contributed by atoms with E-state index in [2.05, 4.69) is 32.1 Å². The fourth-order valence-corrected chi connectivity index (χ4v) is 4.48. The van der Waals surface area contributed by atoms with E-state index in [0.717, 1.165) is 55.8 Å². The molecule has 0 unspecified atom stereocenters. The SMILES string of the molecule is COc1cc(Nc2nccc(N(Cc3cc(C)ccc3C)C(=O)O)n2)ccc1OCCCN1CCN(C)CC1. The summed E-state index contributed by atoms with van der Waals surface area (Å²) in [6, 6.07) is 13.1. The highest BCUT2D eigenvalue weighted by atomic mass is 16.5. The van der Waals surface area contributed by atoms with Crippen LogP contribution >= 0.6 is 0 Å². The van der Waals surface area contributed by atoms with E-state index in [9.17, 15) is 9.90 Å². The largest absolute Gasteiger partial charge is 0.493 e. The van der Waals surface area contributed by atoms with Crippen LogP contribution in [-0.4, -0.2) is 84.5 Å². The van der Waals surface area contributed by atoms with Crippen LogP contribution in [0.25, 0.3) is 0 Å². The Hall–Kier alpha value is -3.89. The highest BCUT2D eigenvalue weighted by Gasteiger charge is 2.19. The minimum Gasteiger partial charge on any atom is -0.493 e. The molecular formula is C29H38N6O4. The lowest BCUT2D eigenvalue weighted by atomic mass is 10.1. The van der Waals surface area contributed by atoms with Crippen LogP contribution in [-0.2, 0) is 6.54 Å². The molecule has 10 nitrogen and oxygen atoms in total. The van der Waals surface area contributed by atoms with Crippen molar-refractivity contribution in [2.45, 2.75) is 26.8 Å². The van der Waals surface area contributed by atoms with Crippen molar-refractivity contribution < 1.29 is 19.4 Å². The summed E-state index contributed by atoms with van der Waals surface area (Å²) in [5.74, 6) is 1.83. The second-order valence-electron chi connectivity index (χ2n) is 9.87. The Labute approximate surface area is 230 Å². The van der Waals surface area contributed by atoms with Gasteiger partial charge in [0, 0.05) is 50.7 Å². The van der Waals surface area contributed by atoms with Crippen LogP contribution in [0.15, 0.2) is 48.7 Å². The van der Waals surface area contributed by atoms with Crippen LogP contribution in [0.1, 0.15) is 23.1 Å². The maximum atomic E-state index is 12.1. The number of methoxy groups -OCH3 is 1. The second-order valence-corrected chi connectivity index (χ2v) is 9.87. The van der Waals surface area contributed by atoms with E-state index in [-0.39, 0.29) is 18.3 Å². The Morgan fingerprint density at radius 3 is 2.62 bits per heavy atom. The summed E-state index contributed by atoms with van der Waals surface area (Å²) in [4.78, 5) is 26.9. The Morgan fingerprint density at radius 2 is 1.87 bits per heavy atom. The maximum absolute atomic E-state index is 12.1. The van der Waals surface area contributed by atoms with Gasteiger partial charge in [0.1, 0.15) is 5.82 Å². The Bertz CT molecular complexity index is 1260. The molecule has 1 aliphatic rings. The van der Waals surface area contributed by atoms with Crippen molar-refractivity contribution in [2.75, 3.05) is 63.7 Å². The number of hydrogen-bond donors (Lipinski definition) is 2. The van der Waals surface area contributed by atoms with Gasteiger partial charge in [-0.15, -0.1) is 0 Å². The standard InChI is InChI=1S/C29H38N6O4/c1-21-6-7-22(2)23(18-21)20-35(29(36)37)27-10-11-30-28(32-27)31-24-8-9-25(26(19-24)38-4)39-17-5-12-34-15-13-33(3)14-16-34/h6-11,18-19H,5,12-17,20H2,1-4H3,(H,36,37)(H,30,31,32). The number of piperazine rings is 1. The monoisotopic (exact) mass is 534 g/mol. The van der Waals surface area contributed by atoms with E-state index in [1.54, 1.807) is 19.4 Å². The molecule has 3 aromatic rings. The lowest BCUT2D eigenvalue weighted by Crippen LogP contribution is -2.44. The zero-order chi connectivity index (χ0) is 27.8. The van der Waals surface area contributed by atoms with Gasteiger partial charge in [-0.25, -0.2) is 9.78 Å². The topological polar surface area (TPSA) is 103 Å². The number of hydrogen-bond acceptors (Lipinski definition) is 8. The summed E-state index contributed by atoms with van der Waals surface area (Å²) in [5, 5.41) is 13.1. The Balaban J connectivity index is 1.39. The molecule has 2 heterocycles. The third-order valence-corrected chi connectivity index (χ3v) is 6.87. The van der Waals surface area contributed by atoms with Crippen molar-refractivity contribution in [3.8, 4) is 11.5 Å². The second kappa shape index (κ2) is 13.3. The molecule has 2 aromatic carbocycles. The third kappa shape index (κ3) is 7.81. The normalized spacial score (nSPS) is 14.2. The number of likely N-dealkylation sites (N-methyl/N-ethyl adjacent to an activating group) is 1. The molecule has 0 radical (unpaired) electrons. The van der Waals surface area contributed by atoms with E-state index in [4.69, 9.17) is 9.47 Å². The number of amides is 1. The predicted octanol–water partition coefficient (Wildman–Crippen LogP) is 4.55.